The van der Waals surface area contributed by atoms with E-state index < -0.39 is 23.2 Å². The number of aliphatic carboxylic acids is 1. The Hall–Kier alpha value is -1.30. The van der Waals surface area contributed by atoms with Gasteiger partial charge in [0.25, 0.3) is 0 Å². The number of hydrogen-bond acceptors (Lipinski definition) is 4. The van der Waals surface area contributed by atoms with Crippen molar-refractivity contribution in [2.24, 2.45) is 0 Å². The molecule has 0 radical (unpaired) electrons. The van der Waals surface area contributed by atoms with Crippen molar-refractivity contribution in [1.29, 1.82) is 0 Å². The average Bonchev–Trinajstić information content (AvgIpc) is 2.37. The summed E-state index contributed by atoms with van der Waals surface area (Å²) in [5, 5.41) is 9.71. The van der Waals surface area contributed by atoms with Crippen LogP contribution in [0.1, 0.15) is 53.4 Å². The molecule has 0 unspecified atom stereocenters. The second-order valence-electron chi connectivity index (χ2n) is 6.50. The zero-order chi connectivity index (χ0) is 16.3. The van der Waals surface area contributed by atoms with Gasteiger partial charge in [-0.1, -0.05) is 0 Å². The molecule has 0 atom stereocenters. The summed E-state index contributed by atoms with van der Waals surface area (Å²) in [5.74, 6) is -0.968. The number of amides is 1. The fraction of sp³-hybridized carbons (Fsp3) is 0.867. The second-order valence-corrected chi connectivity index (χ2v) is 6.50. The van der Waals surface area contributed by atoms with E-state index in [1.54, 1.807) is 34.8 Å². The van der Waals surface area contributed by atoms with Crippen molar-refractivity contribution in [3.05, 3.63) is 0 Å². The third-order valence-corrected chi connectivity index (χ3v) is 3.94. The smallest absolute Gasteiger partial charge is 0.411 e. The number of carboxylic acids is 1. The van der Waals surface area contributed by atoms with Crippen molar-refractivity contribution in [2.45, 2.75) is 70.6 Å². The third-order valence-electron chi connectivity index (χ3n) is 3.94. The van der Waals surface area contributed by atoms with Gasteiger partial charge in [0.05, 0.1) is 6.10 Å². The summed E-state index contributed by atoms with van der Waals surface area (Å²) in [6.07, 6.45) is 1.52. The minimum atomic E-state index is -1.19. The number of carbonyl (C=O) groups is 2. The fourth-order valence-electron chi connectivity index (χ4n) is 2.83. The number of hydrogen-bond donors (Lipinski definition) is 1. The Morgan fingerprint density at radius 3 is 2.14 bits per heavy atom. The molecule has 0 heterocycles. The van der Waals surface area contributed by atoms with Crippen LogP contribution in [0.5, 0.6) is 0 Å². The van der Waals surface area contributed by atoms with Crippen LogP contribution in [0, 0.1) is 0 Å². The molecule has 122 valence electrons. The second kappa shape index (κ2) is 6.64. The molecular formula is C15H27NO5. The molecule has 6 nitrogen and oxygen atoms in total. The highest BCUT2D eigenvalue weighted by atomic mass is 16.6. The van der Waals surface area contributed by atoms with Gasteiger partial charge in [0.2, 0.25) is 0 Å². The van der Waals surface area contributed by atoms with Crippen molar-refractivity contribution < 1.29 is 24.2 Å². The van der Waals surface area contributed by atoms with Gasteiger partial charge in [0.15, 0.2) is 0 Å². The minimum absolute atomic E-state index is 0.0646. The van der Waals surface area contributed by atoms with E-state index in [0.717, 1.165) is 0 Å². The van der Waals surface area contributed by atoms with Gasteiger partial charge in [-0.05, 0) is 53.4 Å². The highest BCUT2D eigenvalue weighted by molar-refractivity contribution is 5.84. The van der Waals surface area contributed by atoms with Crippen LogP contribution >= 0.6 is 0 Å². The molecule has 1 rings (SSSR count). The van der Waals surface area contributed by atoms with Gasteiger partial charge in [-0.25, -0.2) is 9.59 Å². The topological polar surface area (TPSA) is 76.1 Å². The number of carbonyl (C=O) groups excluding carboxylic acids is 1. The summed E-state index contributed by atoms with van der Waals surface area (Å²) in [4.78, 5) is 25.6. The number of methoxy groups -OCH3 is 1. The lowest BCUT2D eigenvalue weighted by Gasteiger charge is -2.44. The van der Waals surface area contributed by atoms with Crippen molar-refractivity contribution in [3.8, 4) is 0 Å². The first-order chi connectivity index (χ1) is 9.66. The number of rotatable bonds is 4. The average molecular weight is 301 g/mol. The fourth-order valence-corrected chi connectivity index (χ4v) is 2.83. The normalized spacial score (nSPS) is 26.2. The first kappa shape index (κ1) is 17.8. The van der Waals surface area contributed by atoms with Gasteiger partial charge < -0.3 is 14.6 Å². The molecule has 1 amide bonds. The van der Waals surface area contributed by atoms with Crippen LogP contribution in [0.2, 0.25) is 0 Å². The predicted molar refractivity (Wildman–Crippen MR) is 78.2 cm³/mol. The Labute approximate surface area is 126 Å². The molecule has 1 aliphatic carbocycles. The first-order valence-corrected chi connectivity index (χ1v) is 7.43. The van der Waals surface area contributed by atoms with E-state index in [1.165, 1.54) is 4.90 Å². The highest BCUT2D eigenvalue weighted by Crippen LogP contribution is 2.36. The van der Waals surface area contributed by atoms with Gasteiger partial charge in [-0.15, -0.1) is 0 Å². The quantitative estimate of drug-likeness (QED) is 0.864. The van der Waals surface area contributed by atoms with Crippen molar-refractivity contribution in [2.75, 3.05) is 13.7 Å². The van der Waals surface area contributed by atoms with Crippen LogP contribution in [0.25, 0.3) is 0 Å². The van der Waals surface area contributed by atoms with E-state index in [9.17, 15) is 14.7 Å². The molecule has 1 aliphatic rings. The van der Waals surface area contributed by atoms with Gasteiger partial charge in [-0.2, -0.15) is 0 Å². The van der Waals surface area contributed by atoms with E-state index in [4.69, 9.17) is 9.47 Å². The number of carboxylic acid groups (broad SMARTS) is 1. The molecule has 1 fully saturated rings. The molecule has 1 N–H and O–H groups in total. The van der Waals surface area contributed by atoms with Gasteiger partial charge >= 0.3 is 12.1 Å². The maximum Gasteiger partial charge on any atom is 0.411 e. The predicted octanol–water partition coefficient (Wildman–Crippen LogP) is 2.66. The largest absolute Gasteiger partial charge is 0.479 e. The Bertz CT molecular complexity index is 380. The molecule has 0 saturated heterocycles. The van der Waals surface area contributed by atoms with Crippen molar-refractivity contribution in [3.63, 3.8) is 0 Å². The summed E-state index contributed by atoms with van der Waals surface area (Å²) in [7, 11) is 1.63. The summed E-state index contributed by atoms with van der Waals surface area (Å²) in [6.45, 7) is 7.39. The van der Waals surface area contributed by atoms with Crippen molar-refractivity contribution >= 4 is 12.1 Å². The third kappa shape index (κ3) is 4.09. The lowest BCUT2D eigenvalue weighted by atomic mass is 9.79. The molecule has 0 aromatic rings. The molecule has 6 heteroatoms. The highest BCUT2D eigenvalue weighted by Gasteiger charge is 2.49. The van der Waals surface area contributed by atoms with Crippen molar-refractivity contribution in [1.82, 2.24) is 4.90 Å². The molecule has 21 heavy (non-hydrogen) atoms. The van der Waals surface area contributed by atoms with Crippen LogP contribution in [-0.4, -0.2) is 53.0 Å². The summed E-state index contributed by atoms with van der Waals surface area (Å²) >= 11 is 0. The van der Waals surface area contributed by atoms with Gasteiger partial charge in [0, 0.05) is 13.7 Å². The lowest BCUT2D eigenvalue weighted by molar-refractivity contribution is -0.155. The van der Waals surface area contributed by atoms with E-state index in [1.807, 2.05) is 0 Å². The molecule has 0 aromatic carbocycles. The van der Waals surface area contributed by atoms with E-state index >= 15 is 0 Å². The van der Waals surface area contributed by atoms with Crippen LogP contribution in [-0.2, 0) is 14.3 Å². The Kier molecular flexibility index (Phi) is 5.61. The molecule has 0 spiro atoms. The Balaban J connectivity index is 2.97. The lowest BCUT2D eigenvalue weighted by Crippen LogP contribution is -2.59. The molecule has 0 bridgehead atoms. The maximum atomic E-state index is 12.4. The van der Waals surface area contributed by atoms with E-state index in [2.05, 4.69) is 0 Å². The standard InChI is InChI=1S/C15H27NO5/c1-6-16(13(19)21-14(2,3)4)15(12(17)18)9-7-11(20-5)8-10-15/h11H,6-10H2,1-5H3,(H,17,18). The number of likely N-dealkylation sites (N-methyl/N-ethyl adjacent to an activating group) is 1. The van der Waals surface area contributed by atoms with Crippen LogP contribution in [0.4, 0.5) is 4.79 Å². The molecule has 1 saturated carbocycles. The SMILES string of the molecule is CCN(C(=O)OC(C)(C)C)C1(C(=O)O)CCC(OC)CC1. The summed E-state index contributed by atoms with van der Waals surface area (Å²) in [6, 6.07) is 0. The first-order valence-electron chi connectivity index (χ1n) is 7.43. The number of ether oxygens (including phenoxy) is 2. The van der Waals surface area contributed by atoms with Gasteiger partial charge in [0.1, 0.15) is 11.1 Å². The van der Waals surface area contributed by atoms with E-state index in [-0.39, 0.29) is 6.10 Å². The molecule has 0 aliphatic heterocycles. The molecule has 0 aromatic heterocycles. The van der Waals surface area contributed by atoms with E-state index in [0.29, 0.717) is 32.2 Å². The van der Waals surface area contributed by atoms with Crippen LogP contribution in [0.15, 0.2) is 0 Å². The van der Waals surface area contributed by atoms with Crippen LogP contribution in [0.3, 0.4) is 0 Å². The summed E-state index contributed by atoms with van der Waals surface area (Å²) < 4.78 is 10.7. The zero-order valence-electron chi connectivity index (χ0n) is 13.6. The monoisotopic (exact) mass is 301 g/mol. The van der Waals surface area contributed by atoms with Crippen LogP contribution < -0.4 is 0 Å². The molecular weight excluding hydrogens is 274 g/mol. The number of nitrogens with zero attached hydrogens (tertiary/aromatic N) is 1. The maximum absolute atomic E-state index is 12.4. The minimum Gasteiger partial charge on any atom is -0.479 e. The van der Waals surface area contributed by atoms with Gasteiger partial charge in [-0.3, -0.25) is 4.90 Å². The zero-order valence-corrected chi connectivity index (χ0v) is 13.6. The Morgan fingerprint density at radius 1 is 1.29 bits per heavy atom. The Morgan fingerprint density at radius 2 is 1.81 bits per heavy atom. The summed E-state index contributed by atoms with van der Waals surface area (Å²) in [5.41, 5.74) is -1.83.